The summed E-state index contributed by atoms with van der Waals surface area (Å²) in [5.41, 5.74) is 1.83. The van der Waals surface area contributed by atoms with Crippen LogP contribution in [-0.2, 0) is 0 Å². The van der Waals surface area contributed by atoms with E-state index in [9.17, 15) is 9.59 Å². The summed E-state index contributed by atoms with van der Waals surface area (Å²) in [6.07, 6.45) is 7.80. The smallest absolute Gasteiger partial charge is 0.257 e. The molecule has 0 aliphatic carbocycles. The Balaban J connectivity index is 1.82. The zero-order valence-corrected chi connectivity index (χ0v) is 22.1. The molecule has 35 heavy (non-hydrogen) atoms. The standard InChI is InChI=1S/C28H39N3O3S/c1-4-7-8-9-10-21-34-25-17-13-22(14-18-25)26(32)30-28(35)29-24-15-11-23(12-16-24)27(33)31(19-5-2)20-6-3/h11-18H,4-10,19-21H2,1-3H3,(H2,29,30,32,35). The Hall–Kier alpha value is -2.93. The maximum absolute atomic E-state index is 12.7. The van der Waals surface area contributed by atoms with E-state index in [1.807, 2.05) is 4.90 Å². The summed E-state index contributed by atoms with van der Waals surface area (Å²) < 4.78 is 5.75. The second-order valence-electron chi connectivity index (χ2n) is 8.56. The SMILES string of the molecule is CCCCCCCOc1ccc(C(=O)NC(=S)Nc2ccc(C(=O)N(CCC)CCC)cc2)cc1. The fourth-order valence-corrected chi connectivity index (χ4v) is 3.88. The van der Waals surface area contributed by atoms with Gasteiger partial charge in [0.15, 0.2) is 5.11 Å². The number of nitrogens with zero attached hydrogens (tertiary/aromatic N) is 1. The average Bonchev–Trinajstić information content (AvgIpc) is 2.86. The lowest BCUT2D eigenvalue weighted by Gasteiger charge is -2.21. The molecule has 0 saturated carbocycles. The second-order valence-corrected chi connectivity index (χ2v) is 8.97. The highest BCUT2D eigenvalue weighted by atomic mass is 32.1. The lowest BCUT2D eigenvalue weighted by Crippen LogP contribution is -2.34. The molecule has 2 aromatic rings. The van der Waals surface area contributed by atoms with E-state index in [1.165, 1.54) is 25.7 Å². The monoisotopic (exact) mass is 497 g/mol. The molecule has 190 valence electrons. The third-order valence-corrected chi connectivity index (χ3v) is 5.73. The Kier molecular flexibility index (Phi) is 12.8. The summed E-state index contributed by atoms with van der Waals surface area (Å²) in [5, 5.41) is 5.88. The van der Waals surface area contributed by atoms with Crippen molar-refractivity contribution in [2.45, 2.75) is 65.7 Å². The van der Waals surface area contributed by atoms with Crippen molar-refractivity contribution in [3.05, 3.63) is 59.7 Å². The van der Waals surface area contributed by atoms with Crippen molar-refractivity contribution < 1.29 is 14.3 Å². The number of amides is 2. The Labute approximate surface area is 215 Å². The number of ether oxygens (including phenoxy) is 1. The number of hydrogen-bond acceptors (Lipinski definition) is 4. The average molecular weight is 498 g/mol. The van der Waals surface area contributed by atoms with Gasteiger partial charge in [-0.2, -0.15) is 0 Å². The van der Waals surface area contributed by atoms with E-state index in [1.54, 1.807) is 48.5 Å². The molecular weight excluding hydrogens is 458 g/mol. The zero-order valence-electron chi connectivity index (χ0n) is 21.3. The van der Waals surface area contributed by atoms with Crippen molar-refractivity contribution in [1.82, 2.24) is 10.2 Å². The highest BCUT2D eigenvalue weighted by molar-refractivity contribution is 7.80. The van der Waals surface area contributed by atoms with Crippen molar-refractivity contribution in [3.63, 3.8) is 0 Å². The largest absolute Gasteiger partial charge is 0.494 e. The fourth-order valence-electron chi connectivity index (χ4n) is 3.67. The molecule has 0 saturated heterocycles. The van der Waals surface area contributed by atoms with Crippen molar-refractivity contribution in [2.24, 2.45) is 0 Å². The molecule has 6 nitrogen and oxygen atoms in total. The lowest BCUT2D eigenvalue weighted by molar-refractivity contribution is 0.0755. The van der Waals surface area contributed by atoms with E-state index in [0.29, 0.717) is 23.4 Å². The van der Waals surface area contributed by atoms with Gasteiger partial charge in [0.1, 0.15) is 5.75 Å². The molecule has 7 heteroatoms. The maximum atomic E-state index is 12.7. The van der Waals surface area contributed by atoms with Crippen LogP contribution in [0.4, 0.5) is 5.69 Å². The Bertz CT molecular complexity index is 923. The van der Waals surface area contributed by atoms with Gasteiger partial charge in [0.05, 0.1) is 6.61 Å². The number of rotatable bonds is 14. The van der Waals surface area contributed by atoms with E-state index in [4.69, 9.17) is 17.0 Å². The first-order valence-electron chi connectivity index (χ1n) is 12.7. The molecule has 0 aromatic heterocycles. The number of unbranched alkanes of at least 4 members (excludes halogenated alkanes) is 4. The first-order valence-corrected chi connectivity index (χ1v) is 13.1. The molecule has 0 unspecified atom stereocenters. The molecule has 0 radical (unpaired) electrons. The quantitative estimate of drug-likeness (QED) is 0.233. The molecule has 0 bridgehead atoms. The highest BCUT2D eigenvalue weighted by Gasteiger charge is 2.14. The second kappa shape index (κ2) is 15.9. The van der Waals surface area contributed by atoms with Gasteiger partial charge in [0, 0.05) is 29.9 Å². The third-order valence-electron chi connectivity index (χ3n) is 5.52. The molecule has 2 N–H and O–H groups in total. The van der Waals surface area contributed by atoms with Crippen LogP contribution in [0.3, 0.4) is 0 Å². The van der Waals surface area contributed by atoms with Gasteiger partial charge in [-0.25, -0.2) is 0 Å². The molecule has 2 rings (SSSR count). The van der Waals surface area contributed by atoms with Gasteiger partial charge in [0.2, 0.25) is 0 Å². The summed E-state index contributed by atoms with van der Waals surface area (Å²) in [6.45, 7) is 8.51. The van der Waals surface area contributed by atoms with Gasteiger partial charge < -0.3 is 15.0 Å². The van der Waals surface area contributed by atoms with Crippen LogP contribution in [0.15, 0.2) is 48.5 Å². The zero-order chi connectivity index (χ0) is 25.5. The Morgan fingerprint density at radius 1 is 0.800 bits per heavy atom. The molecule has 0 spiro atoms. The molecule has 0 aliphatic heterocycles. The predicted octanol–water partition coefficient (Wildman–Crippen LogP) is 6.42. The minimum absolute atomic E-state index is 0.0278. The summed E-state index contributed by atoms with van der Waals surface area (Å²) in [6, 6.07) is 14.2. The summed E-state index contributed by atoms with van der Waals surface area (Å²) in [5.74, 6) is 0.485. The predicted molar refractivity (Wildman–Crippen MR) is 147 cm³/mol. The van der Waals surface area contributed by atoms with E-state index >= 15 is 0 Å². The van der Waals surface area contributed by atoms with Crippen LogP contribution in [0.25, 0.3) is 0 Å². The Morgan fingerprint density at radius 3 is 2.00 bits per heavy atom. The van der Waals surface area contributed by atoms with Gasteiger partial charge in [-0.3, -0.25) is 14.9 Å². The van der Waals surface area contributed by atoms with Crippen molar-refractivity contribution in [2.75, 3.05) is 25.0 Å². The number of carbonyl (C=O) groups is 2. The highest BCUT2D eigenvalue weighted by Crippen LogP contribution is 2.15. The molecule has 0 fully saturated rings. The first-order chi connectivity index (χ1) is 17.0. The van der Waals surface area contributed by atoms with Crippen molar-refractivity contribution >= 4 is 34.8 Å². The van der Waals surface area contributed by atoms with Crippen molar-refractivity contribution in [1.29, 1.82) is 0 Å². The van der Waals surface area contributed by atoms with Gasteiger partial charge in [-0.15, -0.1) is 0 Å². The van der Waals surface area contributed by atoms with Crippen LogP contribution in [0, 0.1) is 0 Å². The molecular formula is C28H39N3O3S. The van der Waals surface area contributed by atoms with Gasteiger partial charge in [-0.1, -0.05) is 46.5 Å². The lowest BCUT2D eigenvalue weighted by atomic mass is 10.1. The van der Waals surface area contributed by atoms with Crippen LogP contribution in [0.2, 0.25) is 0 Å². The molecule has 0 heterocycles. The number of carbonyl (C=O) groups excluding carboxylic acids is 2. The fraction of sp³-hybridized carbons (Fsp3) is 0.464. The van der Waals surface area contributed by atoms with Crippen LogP contribution >= 0.6 is 12.2 Å². The van der Waals surface area contributed by atoms with E-state index in [2.05, 4.69) is 31.4 Å². The van der Waals surface area contributed by atoms with Crippen molar-refractivity contribution in [3.8, 4) is 5.75 Å². The summed E-state index contributed by atoms with van der Waals surface area (Å²) >= 11 is 5.29. The number of thiocarbonyl (C=S) groups is 1. The molecule has 2 aromatic carbocycles. The number of hydrogen-bond donors (Lipinski definition) is 2. The minimum Gasteiger partial charge on any atom is -0.494 e. The summed E-state index contributed by atoms with van der Waals surface area (Å²) in [7, 11) is 0. The van der Waals surface area contributed by atoms with Crippen LogP contribution in [0.1, 0.15) is 86.4 Å². The molecule has 0 atom stereocenters. The van der Waals surface area contributed by atoms with E-state index < -0.39 is 0 Å². The van der Waals surface area contributed by atoms with E-state index in [0.717, 1.165) is 38.1 Å². The number of benzene rings is 2. The van der Waals surface area contributed by atoms with Gasteiger partial charge in [0.25, 0.3) is 11.8 Å². The normalized spacial score (nSPS) is 10.5. The van der Waals surface area contributed by atoms with Crippen LogP contribution < -0.4 is 15.4 Å². The molecule has 0 aliphatic rings. The minimum atomic E-state index is -0.296. The maximum Gasteiger partial charge on any atom is 0.257 e. The topological polar surface area (TPSA) is 70.7 Å². The van der Waals surface area contributed by atoms with Crippen LogP contribution in [-0.4, -0.2) is 41.5 Å². The molecule has 2 amide bonds. The first kappa shape index (κ1) is 28.3. The number of anilines is 1. The number of nitrogens with one attached hydrogen (secondary N) is 2. The third kappa shape index (κ3) is 10.1. The Morgan fingerprint density at radius 2 is 1.40 bits per heavy atom. The van der Waals surface area contributed by atoms with E-state index in [-0.39, 0.29) is 16.9 Å². The van der Waals surface area contributed by atoms with Gasteiger partial charge in [-0.05, 0) is 80.0 Å². The summed E-state index contributed by atoms with van der Waals surface area (Å²) in [4.78, 5) is 27.1. The van der Waals surface area contributed by atoms with Crippen LogP contribution in [0.5, 0.6) is 5.75 Å². The van der Waals surface area contributed by atoms with Gasteiger partial charge >= 0.3 is 0 Å².